The summed E-state index contributed by atoms with van der Waals surface area (Å²) in [6.07, 6.45) is -0.406. The minimum absolute atomic E-state index is 0.406. The van der Waals surface area contributed by atoms with Crippen molar-refractivity contribution in [3.8, 4) is 0 Å². The van der Waals surface area contributed by atoms with Crippen LogP contribution in [0.4, 0.5) is 16.2 Å². The molecule has 0 atom stereocenters. The van der Waals surface area contributed by atoms with E-state index in [-0.39, 0.29) is 0 Å². The lowest BCUT2D eigenvalue weighted by Gasteiger charge is -2.32. The summed E-state index contributed by atoms with van der Waals surface area (Å²) in [6.45, 7) is 7.80. The Hall–Kier alpha value is -2.34. The molecule has 0 N–H and O–H groups in total. The van der Waals surface area contributed by atoms with Crippen LogP contribution in [0.3, 0.4) is 0 Å². The van der Waals surface area contributed by atoms with Crippen molar-refractivity contribution in [2.75, 3.05) is 25.1 Å². The van der Waals surface area contributed by atoms with Crippen molar-refractivity contribution in [2.24, 2.45) is 4.99 Å². The van der Waals surface area contributed by atoms with Gasteiger partial charge >= 0.3 is 6.09 Å². The molecule has 1 amide bonds. The van der Waals surface area contributed by atoms with Crippen LogP contribution in [0.2, 0.25) is 0 Å². The van der Waals surface area contributed by atoms with E-state index in [1.807, 2.05) is 24.3 Å². The Labute approximate surface area is 145 Å². The van der Waals surface area contributed by atoms with Crippen molar-refractivity contribution in [1.82, 2.24) is 4.90 Å². The molecule has 0 spiro atoms. The van der Waals surface area contributed by atoms with E-state index in [9.17, 15) is 4.79 Å². The first-order valence-electron chi connectivity index (χ1n) is 8.02. The average Bonchev–Trinajstić information content (AvgIpc) is 2.89. The normalized spacial score (nSPS) is 12.8. The Bertz CT molecular complexity index is 884. The monoisotopic (exact) mass is 343 g/mol. The molecule has 0 bridgehead atoms. The van der Waals surface area contributed by atoms with Crippen LogP contribution in [0.25, 0.3) is 5.82 Å². The Morgan fingerprint density at radius 3 is 2.67 bits per heavy atom. The number of methoxy groups -OCH3 is 1. The van der Waals surface area contributed by atoms with Crippen LogP contribution in [-0.2, 0) is 4.74 Å². The van der Waals surface area contributed by atoms with Gasteiger partial charge in [0.05, 0.1) is 23.7 Å². The number of carbonyl (C=O) groups excluding carboxylic acids is 1. The summed E-state index contributed by atoms with van der Waals surface area (Å²) < 4.78 is 6.02. The lowest BCUT2D eigenvalue weighted by atomic mass is 10.2. The fraction of sp³-hybridized carbons (Fsp3) is 0.333. The molecular weight excluding hydrogens is 322 g/mol. The number of amides is 1. The quantitative estimate of drug-likeness (QED) is 0.861. The molecule has 6 heteroatoms. The first-order valence-corrected chi connectivity index (χ1v) is 8.83. The highest BCUT2D eigenvalue weighted by atomic mass is 32.1. The Kier molecular flexibility index (Phi) is 4.57. The maximum atomic E-state index is 12.7. The topological polar surface area (TPSA) is 45.1 Å². The predicted molar refractivity (Wildman–Crippen MR) is 97.2 cm³/mol. The zero-order chi connectivity index (χ0) is 17.3. The van der Waals surface area contributed by atoms with Crippen LogP contribution in [0.1, 0.15) is 18.7 Å². The molecule has 1 aliphatic rings. The van der Waals surface area contributed by atoms with Gasteiger partial charge in [-0.1, -0.05) is 12.1 Å². The standard InChI is InChI=1S/C18H21N3O2S/c1-5-20(6-2)17-13-11-12(3)24-16(13)19-14-9-7-8-10-15(14)21(17)18(22)23-4/h7-11H,5-6H2,1-4H3. The number of hydrogen-bond donors (Lipinski definition) is 0. The van der Waals surface area contributed by atoms with Crippen LogP contribution in [0.15, 0.2) is 35.3 Å². The van der Waals surface area contributed by atoms with Gasteiger partial charge in [-0.3, -0.25) is 0 Å². The second-order valence-corrected chi connectivity index (χ2v) is 6.71. The highest BCUT2D eigenvalue weighted by Crippen LogP contribution is 2.33. The highest BCUT2D eigenvalue weighted by Gasteiger charge is 2.29. The summed E-state index contributed by atoms with van der Waals surface area (Å²) in [5, 5.41) is 0.975. The molecule has 0 saturated carbocycles. The molecule has 3 rings (SSSR count). The molecule has 24 heavy (non-hydrogen) atoms. The fourth-order valence-electron chi connectivity index (χ4n) is 2.95. The smallest absolute Gasteiger partial charge is 0.419 e. The second-order valence-electron chi connectivity index (χ2n) is 5.48. The molecule has 5 nitrogen and oxygen atoms in total. The van der Waals surface area contributed by atoms with E-state index in [1.54, 1.807) is 16.2 Å². The molecule has 0 saturated heterocycles. The van der Waals surface area contributed by atoms with Crippen LogP contribution < -0.4 is 14.8 Å². The van der Waals surface area contributed by atoms with Crippen molar-refractivity contribution >= 4 is 34.6 Å². The first-order chi connectivity index (χ1) is 11.6. The van der Waals surface area contributed by atoms with Crippen molar-refractivity contribution in [2.45, 2.75) is 20.8 Å². The first kappa shape index (κ1) is 16.5. The maximum Gasteiger partial charge on any atom is 0.419 e. The van der Waals surface area contributed by atoms with Crippen LogP contribution >= 0.6 is 11.3 Å². The number of para-hydroxylation sites is 2. The second kappa shape index (κ2) is 6.65. The van der Waals surface area contributed by atoms with Crippen molar-refractivity contribution in [3.63, 3.8) is 0 Å². The largest absolute Gasteiger partial charge is 0.452 e. The van der Waals surface area contributed by atoms with Gasteiger partial charge in [-0.25, -0.2) is 14.7 Å². The van der Waals surface area contributed by atoms with Gasteiger partial charge in [0.25, 0.3) is 0 Å². The number of fused-ring (bicyclic) bond motifs is 2. The lowest BCUT2D eigenvalue weighted by molar-refractivity contribution is 0.180. The number of hydrogen-bond acceptors (Lipinski definition) is 5. The molecule has 2 aromatic rings. The molecular formula is C18H21N3O2S. The minimum atomic E-state index is -0.406. The number of aryl methyl sites for hydroxylation is 1. The highest BCUT2D eigenvalue weighted by molar-refractivity contribution is 7.09. The lowest BCUT2D eigenvalue weighted by Crippen LogP contribution is -2.43. The molecule has 0 radical (unpaired) electrons. The van der Waals surface area contributed by atoms with Crippen molar-refractivity contribution in [1.29, 1.82) is 0 Å². The maximum absolute atomic E-state index is 12.7. The predicted octanol–water partition coefficient (Wildman–Crippen LogP) is 3.00. The number of carbonyl (C=O) groups is 1. The van der Waals surface area contributed by atoms with Gasteiger partial charge < -0.3 is 9.64 Å². The molecule has 1 aromatic heterocycles. The summed E-state index contributed by atoms with van der Waals surface area (Å²) in [7, 11) is 1.41. The SMILES string of the molecule is CCN(CC)C1=c2cc(C)sc2=Nc2ccccc2N1C(=O)OC. The molecule has 1 aliphatic heterocycles. The summed E-state index contributed by atoms with van der Waals surface area (Å²) in [5.74, 6) is 0.833. The van der Waals surface area contributed by atoms with Gasteiger partial charge in [0.15, 0.2) is 0 Å². The Balaban J connectivity index is 2.43. The minimum Gasteiger partial charge on any atom is -0.452 e. The molecule has 0 fully saturated rings. The third-order valence-corrected chi connectivity index (χ3v) is 5.00. The fourth-order valence-corrected chi connectivity index (χ4v) is 3.83. The average molecular weight is 343 g/mol. The van der Waals surface area contributed by atoms with E-state index in [0.29, 0.717) is 0 Å². The molecule has 0 aliphatic carbocycles. The number of thiophene rings is 1. The van der Waals surface area contributed by atoms with E-state index in [2.05, 4.69) is 31.7 Å². The van der Waals surface area contributed by atoms with Crippen LogP contribution in [0, 0.1) is 6.92 Å². The molecule has 1 aromatic carbocycles. The summed E-state index contributed by atoms with van der Waals surface area (Å²) in [4.78, 5) is 22.5. The van der Waals surface area contributed by atoms with Gasteiger partial charge in [0.2, 0.25) is 0 Å². The van der Waals surface area contributed by atoms with Crippen molar-refractivity contribution in [3.05, 3.63) is 45.1 Å². The van der Waals surface area contributed by atoms with E-state index in [0.717, 1.165) is 45.1 Å². The molecule has 126 valence electrons. The van der Waals surface area contributed by atoms with Crippen LogP contribution in [-0.4, -0.2) is 31.2 Å². The number of anilines is 1. The number of rotatable bonds is 3. The Morgan fingerprint density at radius 1 is 1.29 bits per heavy atom. The third kappa shape index (κ3) is 2.67. The van der Waals surface area contributed by atoms with Gasteiger partial charge in [-0.15, -0.1) is 11.3 Å². The van der Waals surface area contributed by atoms with Gasteiger partial charge in [-0.05, 0) is 39.0 Å². The Morgan fingerprint density at radius 2 is 2.00 bits per heavy atom. The number of nitrogens with zero attached hydrogens (tertiary/aromatic N) is 3. The van der Waals surface area contributed by atoms with E-state index >= 15 is 0 Å². The number of benzene rings is 1. The summed E-state index contributed by atoms with van der Waals surface area (Å²) in [5.41, 5.74) is 1.51. The third-order valence-electron chi connectivity index (χ3n) is 4.05. The van der Waals surface area contributed by atoms with Gasteiger partial charge in [0.1, 0.15) is 10.5 Å². The van der Waals surface area contributed by atoms with Gasteiger partial charge in [0, 0.05) is 18.0 Å². The van der Waals surface area contributed by atoms with Crippen molar-refractivity contribution < 1.29 is 9.53 Å². The zero-order valence-electron chi connectivity index (χ0n) is 14.4. The number of ether oxygens (including phenoxy) is 1. The van der Waals surface area contributed by atoms with E-state index < -0.39 is 6.09 Å². The zero-order valence-corrected chi connectivity index (χ0v) is 15.2. The molecule has 2 heterocycles. The molecule has 0 unspecified atom stereocenters. The van der Waals surface area contributed by atoms with Crippen LogP contribution in [0.5, 0.6) is 0 Å². The summed E-state index contributed by atoms with van der Waals surface area (Å²) in [6, 6.07) is 9.77. The van der Waals surface area contributed by atoms with E-state index in [1.165, 1.54) is 7.11 Å². The van der Waals surface area contributed by atoms with Gasteiger partial charge in [-0.2, -0.15) is 0 Å². The summed E-state index contributed by atoms with van der Waals surface area (Å²) >= 11 is 1.64. The van der Waals surface area contributed by atoms with E-state index in [4.69, 9.17) is 9.73 Å².